The normalized spacial score (nSPS) is 11.1. The first-order chi connectivity index (χ1) is 7.58. The van der Waals surface area contributed by atoms with E-state index in [0.29, 0.717) is 0 Å². The Hall–Kier alpha value is -2.17. The standard InChI is InChI=1S/C11H13N3O2/c1-14(2)13-12-10-6-3-9(4-7-10)5-8-11(15)16/h3-8H,1-2H3,(H,15,16)/b8-5-,13-12?. The van der Waals surface area contributed by atoms with Gasteiger partial charge >= 0.3 is 5.97 Å². The molecule has 1 rings (SSSR count). The van der Waals surface area contributed by atoms with E-state index in [9.17, 15) is 4.79 Å². The first-order valence-electron chi connectivity index (χ1n) is 4.68. The average molecular weight is 219 g/mol. The van der Waals surface area contributed by atoms with Crippen LogP contribution in [0.25, 0.3) is 6.08 Å². The second-order valence-electron chi connectivity index (χ2n) is 3.30. The quantitative estimate of drug-likeness (QED) is 0.480. The number of hydrogen-bond acceptors (Lipinski definition) is 3. The Balaban J connectivity index is 2.71. The summed E-state index contributed by atoms with van der Waals surface area (Å²) in [5.74, 6) is -0.962. The fraction of sp³-hybridized carbons (Fsp3) is 0.182. The molecular weight excluding hydrogens is 206 g/mol. The first-order valence-corrected chi connectivity index (χ1v) is 4.68. The Kier molecular flexibility index (Phi) is 4.20. The summed E-state index contributed by atoms with van der Waals surface area (Å²) < 4.78 is 0. The highest BCUT2D eigenvalue weighted by molar-refractivity contribution is 5.85. The van der Waals surface area contributed by atoms with E-state index in [1.807, 2.05) is 0 Å². The first kappa shape index (κ1) is 11.9. The highest BCUT2D eigenvalue weighted by Crippen LogP contribution is 2.14. The lowest BCUT2D eigenvalue weighted by Gasteiger charge is -2.00. The Bertz CT molecular complexity index is 408. The van der Waals surface area contributed by atoms with Crippen molar-refractivity contribution in [3.63, 3.8) is 0 Å². The fourth-order valence-corrected chi connectivity index (χ4v) is 0.961. The zero-order valence-electron chi connectivity index (χ0n) is 9.16. The van der Waals surface area contributed by atoms with Crippen LogP contribution in [0, 0.1) is 0 Å². The summed E-state index contributed by atoms with van der Waals surface area (Å²) in [6.07, 6.45) is 2.62. The summed E-state index contributed by atoms with van der Waals surface area (Å²) in [6.45, 7) is 0. The van der Waals surface area contributed by atoms with Crippen LogP contribution in [0.5, 0.6) is 0 Å². The van der Waals surface area contributed by atoms with E-state index in [-0.39, 0.29) is 0 Å². The van der Waals surface area contributed by atoms with E-state index >= 15 is 0 Å². The lowest BCUT2D eigenvalue weighted by atomic mass is 10.2. The predicted molar refractivity (Wildman–Crippen MR) is 61.3 cm³/mol. The molecule has 0 fully saturated rings. The van der Waals surface area contributed by atoms with Crippen molar-refractivity contribution in [3.05, 3.63) is 35.9 Å². The number of nitrogens with zero attached hydrogens (tertiary/aromatic N) is 3. The van der Waals surface area contributed by atoms with Crippen LogP contribution >= 0.6 is 0 Å². The van der Waals surface area contributed by atoms with Gasteiger partial charge in [-0.15, -0.1) is 5.11 Å². The van der Waals surface area contributed by atoms with Gasteiger partial charge in [0, 0.05) is 20.2 Å². The molecule has 0 aromatic heterocycles. The summed E-state index contributed by atoms with van der Waals surface area (Å²) in [6, 6.07) is 7.11. The van der Waals surface area contributed by atoms with Crippen LogP contribution in [0.3, 0.4) is 0 Å². The van der Waals surface area contributed by atoms with Crippen molar-refractivity contribution in [2.24, 2.45) is 10.3 Å². The van der Waals surface area contributed by atoms with E-state index in [1.54, 1.807) is 43.4 Å². The molecule has 0 amide bonds. The molecule has 0 saturated heterocycles. The highest BCUT2D eigenvalue weighted by Gasteiger charge is 1.91. The third-order valence-electron chi connectivity index (χ3n) is 1.65. The molecule has 16 heavy (non-hydrogen) atoms. The molecule has 0 aliphatic rings. The lowest BCUT2D eigenvalue weighted by Crippen LogP contribution is -1.98. The third kappa shape index (κ3) is 4.36. The van der Waals surface area contributed by atoms with Gasteiger partial charge in [0.1, 0.15) is 0 Å². The lowest BCUT2D eigenvalue weighted by molar-refractivity contribution is -0.131. The maximum atomic E-state index is 10.3. The molecule has 0 atom stereocenters. The van der Waals surface area contributed by atoms with Crippen molar-refractivity contribution >= 4 is 17.7 Å². The fourth-order valence-electron chi connectivity index (χ4n) is 0.961. The second-order valence-corrected chi connectivity index (χ2v) is 3.30. The zero-order valence-corrected chi connectivity index (χ0v) is 9.16. The number of rotatable bonds is 4. The Morgan fingerprint density at radius 3 is 2.44 bits per heavy atom. The van der Waals surface area contributed by atoms with Crippen molar-refractivity contribution in [3.8, 4) is 0 Å². The van der Waals surface area contributed by atoms with E-state index < -0.39 is 5.97 Å². The molecule has 84 valence electrons. The number of carbonyl (C=O) groups is 1. The van der Waals surface area contributed by atoms with Gasteiger partial charge in [-0.25, -0.2) is 4.79 Å². The van der Waals surface area contributed by atoms with E-state index in [0.717, 1.165) is 17.3 Å². The summed E-state index contributed by atoms with van der Waals surface area (Å²) in [7, 11) is 3.57. The molecule has 0 unspecified atom stereocenters. The van der Waals surface area contributed by atoms with Crippen LogP contribution < -0.4 is 0 Å². The highest BCUT2D eigenvalue weighted by atomic mass is 16.4. The number of carboxylic acids is 1. The molecule has 5 nitrogen and oxygen atoms in total. The van der Waals surface area contributed by atoms with E-state index in [4.69, 9.17) is 5.11 Å². The van der Waals surface area contributed by atoms with Crippen molar-refractivity contribution in [2.75, 3.05) is 14.1 Å². The van der Waals surface area contributed by atoms with Gasteiger partial charge in [0.15, 0.2) is 0 Å². The Labute approximate surface area is 93.7 Å². The molecule has 1 aromatic carbocycles. The van der Waals surface area contributed by atoms with E-state index in [2.05, 4.69) is 10.3 Å². The summed E-state index contributed by atoms with van der Waals surface area (Å²) in [5, 5.41) is 17.8. The SMILES string of the molecule is CN(C)N=Nc1ccc(/C=C\C(=O)O)cc1. The van der Waals surface area contributed by atoms with Crippen LogP contribution in [0.4, 0.5) is 5.69 Å². The van der Waals surface area contributed by atoms with Gasteiger partial charge in [-0.3, -0.25) is 5.01 Å². The molecule has 1 N–H and O–H groups in total. The van der Waals surface area contributed by atoms with Gasteiger partial charge in [0.25, 0.3) is 0 Å². The van der Waals surface area contributed by atoms with E-state index in [1.165, 1.54) is 6.08 Å². The summed E-state index contributed by atoms with van der Waals surface area (Å²) in [4.78, 5) is 10.3. The minimum atomic E-state index is -0.962. The van der Waals surface area contributed by atoms with Crippen LogP contribution in [-0.2, 0) is 4.79 Å². The van der Waals surface area contributed by atoms with Crippen molar-refractivity contribution in [1.82, 2.24) is 5.01 Å². The number of benzene rings is 1. The Morgan fingerprint density at radius 1 is 1.31 bits per heavy atom. The van der Waals surface area contributed by atoms with Crippen LogP contribution in [-0.4, -0.2) is 30.2 Å². The molecule has 5 heteroatoms. The minimum absolute atomic E-state index is 0.723. The van der Waals surface area contributed by atoms with Gasteiger partial charge in [-0.2, -0.15) is 0 Å². The molecule has 0 bridgehead atoms. The Morgan fingerprint density at radius 2 is 1.94 bits per heavy atom. The zero-order chi connectivity index (χ0) is 12.0. The molecule has 0 radical (unpaired) electrons. The van der Waals surface area contributed by atoms with Gasteiger partial charge in [0.2, 0.25) is 0 Å². The molecule has 0 aliphatic heterocycles. The molecule has 1 aromatic rings. The summed E-state index contributed by atoms with van der Waals surface area (Å²) >= 11 is 0. The van der Waals surface area contributed by atoms with Gasteiger partial charge in [-0.05, 0) is 23.8 Å². The number of hydrogen-bond donors (Lipinski definition) is 1. The second kappa shape index (κ2) is 5.65. The average Bonchev–Trinajstić information content (AvgIpc) is 2.25. The van der Waals surface area contributed by atoms with Crippen LogP contribution in [0.2, 0.25) is 0 Å². The maximum absolute atomic E-state index is 10.3. The van der Waals surface area contributed by atoms with Crippen molar-refractivity contribution < 1.29 is 9.90 Å². The molecule has 0 spiro atoms. The summed E-state index contributed by atoms with van der Waals surface area (Å²) in [5.41, 5.74) is 1.53. The molecule has 0 aliphatic carbocycles. The van der Waals surface area contributed by atoms with Gasteiger partial charge < -0.3 is 5.11 Å². The molecule has 0 heterocycles. The topological polar surface area (TPSA) is 65.3 Å². The largest absolute Gasteiger partial charge is 0.478 e. The molecular formula is C11H13N3O2. The van der Waals surface area contributed by atoms with Gasteiger partial charge in [-0.1, -0.05) is 17.4 Å². The van der Waals surface area contributed by atoms with Crippen molar-refractivity contribution in [2.45, 2.75) is 0 Å². The third-order valence-corrected chi connectivity index (χ3v) is 1.65. The number of aliphatic carboxylic acids is 1. The van der Waals surface area contributed by atoms with Crippen molar-refractivity contribution in [1.29, 1.82) is 0 Å². The maximum Gasteiger partial charge on any atom is 0.328 e. The van der Waals surface area contributed by atoms with Crippen LogP contribution in [0.1, 0.15) is 5.56 Å². The smallest absolute Gasteiger partial charge is 0.328 e. The van der Waals surface area contributed by atoms with Crippen LogP contribution in [0.15, 0.2) is 40.7 Å². The minimum Gasteiger partial charge on any atom is -0.478 e. The van der Waals surface area contributed by atoms with Gasteiger partial charge in [0.05, 0.1) is 5.69 Å². The monoisotopic (exact) mass is 219 g/mol. The molecule has 0 saturated carbocycles. The predicted octanol–water partition coefficient (Wildman–Crippen LogP) is 2.34. The number of carboxylic acid groups (broad SMARTS) is 1.